The number of nitrogen functional groups attached to an aromatic ring is 1. The first kappa shape index (κ1) is 20.7. The number of pyridine rings is 1. The van der Waals surface area contributed by atoms with Gasteiger partial charge in [0.25, 0.3) is 5.91 Å². The minimum absolute atomic E-state index is 0.103. The van der Waals surface area contributed by atoms with Crippen LogP contribution in [0.15, 0.2) is 48.8 Å². The van der Waals surface area contributed by atoms with Crippen LogP contribution in [0.3, 0.4) is 0 Å². The van der Waals surface area contributed by atoms with Gasteiger partial charge in [0.15, 0.2) is 11.5 Å². The van der Waals surface area contributed by atoms with Gasteiger partial charge in [-0.1, -0.05) is 12.1 Å². The van der Waals surface area contributed by atoms with Crippen LogP contribution in [0.1, 0.15) is 33.7 Å². The SMILES string of the molecule is Nc1nccc(-n2nc(C(=O)N3CCOCC3)c3ccc([C@@]4(O)CCc5cccnc54)cc32)n1. The Morgan fingerprint density at radius 3 is 2.79 bits per heavy atom. The van der Waals surface area contributed by atoms with Gasteiger partial charge < -0.3 is 20.5 Å². The summed E-state index contributed by atoms with van der Waals surface area (Å²) >= 11 is 0. The number of aliphatic hydroxyl groups is 1. The zero-order valence-electron chi connectivity index (χ0n) is 18.4. The van der Waals surface area contributed by atoms with Gasteiger partial charge in [0.05, 0.1) is 24.4 Å². The molecule has 4 aromatic rings. The summed E-state index contributed by atoms with van der Waals surface area (Å²) in [4.78, 5) is 27.9. The molecule has 2 aliphatic rings. The van der Waals surface area contributed by atoms with E-state index >= 15 is 0 Å². The van der Waals surface area contributed by atoms with Crippen molar-refractivity contribution in [1.29, 1.82) is 0 Å². The number of nitrogens with zero attached hydrogens (tertiary/aromatic N) is 6. The van der Waals surface area contributed by atoms with E-state index in [9.17, 15) is 9.90 Å². The first-order valence-corrected chi connectivity index (χ1v) is 11.2. The Kier molecular flexibility index (Phi) is 4.78. The van der Waals surface area contributed by atoms with E-state index in [0.717, 1.165) is 12.0 Å². The Morgan fingerprint density at radius 2 is 1.97 bits per heavy atom. The average Bonchev–Trinajstić information content (AvgIpc) is 3.43. The highest BCUT2D eigenvalue weighted by Gasteiger charge is 2.40. The standard InChI is InChI=1S/C24H23N7O3/c25-23-27-9-6-19(28-23)31-18-14-16(24(33)7-5-15-2-1-8-26-21(15)24)3-4-17(18)20(29-31)22(32)30-10-12-34-13-11-30/h1-4,6,8-9,14,33H,5,7,10-13H2,(H2,25,27,28)/t24-/m0/s1. The van der Waals surface area contributed by atoms with E-state index in [2.05, 4.69) is 20.1 Å². The van der Waals surface area contributed by atoms with E-state index in [1.165, 1.54) is 0 Å². The fourth-order valence-electron chi connectivity index (χ4n) is 4.83. The zero-order chi connectivity index (χ0) is 23.3. The summed E-state index contributed by atoms with van der Waals surface area (Å²) in [7, 11) is 0. The van der Waals surface area contributed by atoms with Gasteiger partial charge in [-0.15, -0.1) is 0 Å². The summed E-state index contributed by atoms with van der Waals surface area (Å²) in [5.74, 6) is 0.368. The minimum Gasteiger partial charge on any atom is -0.379 e. The monoisotopic (exact) mass is 457 g/mol. The van der Waals surface area contributed by atoms with Crippen LogP contribution in [0.5, 0.6) is 0 Å². The molecule has 0 bridgehead atoms. The number of aryl methyl sites for hydroxylation is 1. The van der Waals surface area contributed by atoms with Gasteiger partial charge in [0.2, 0.25) is 5.95 Å². The molecular formula is C24H23N7O3. The first-order chi connectivity index (χ1) is 16.5. The highest BCUT2D eigenvalue weighted by Crippen LogP contribution is 2.41. The molecule has 1 aliphatic carbocycles. The second kappa shape index (κ2) is 7.86. The molecule has 10 nitrogen and oxygen atoms in total. The molecule has 1 fully saturated rings. The number of ether oxygens (including phenoxy) is 1. The summed E-state index contributed by atoms with van der Waals surface area (Å²) in [6.45, 7) is 2.01. The van der Waals surface area contributed by atoms with Crippen LogP contribution < -0.4 is 5.73 Å². The van der Waals surface area contributed by atoms with E-state index in [0.29, 0.717) is 66.4 Å². The third kappa shape index (κ3) is 3.22. The van der Waals surface area contributed by atoms with Crippen molar-refractivity contribution >= 4 is 22.8 Å². The average molecular weight is 457 g/mol. The van der Waals surface area contributed by atoms with Gasteiger partial charge in [0.1, 0.15) is 5.60 Å². The largest absolute Gasteiger partial charge is 0.379 e. The molecular weight excluding hydrogens is 434 g/mol. The van der Waals surface area contributed by atoms with Crippen molar-refractivity contribution in [3.63, 3.8) is 0 Å². The van der Waals surface area contributed by atoms with Crippen LogP contribution in [-0.2, 0) is 16.8 Å². The van der Waals surface area contributed by atoms with Crippen LogP contribution in [0.25, 0.3) is 16.7 Å². The van der Waals surface area contributed by atoms with E-state index in [1.54, 1.807) is 28.0 Å². The predicted molar refractivity (Wildman–Crippen MR) is 123 cm³/mol. The molecule has 10 heteroatoms. The Bertz CT molecular complexity index is 1410. The summed E-state index contributed by atoms with van der Waals surface area (Å²) in [5.41, 5.74) is 7.95. The lowest BCUT2D eigenvalue weighted by Gasteiger charge is -2.26. The van der Waals surface area contributed by atoms with Crippen molar-refractivity contribution in [2.24, 2.45) is 0 Å². The fourth-order valence-corrected chi connectivity index (χ4v) is 4.83. The van der Waals surface area contributed by atoms with E-state index < -0.39 is 5.60 Å². The van der Waals surface area contributed by atoms with Crippen LogP contribution in [0.2, 0.25) is 0 Å². The molecule has 3 aromatic heterocycles. The number of rotatable bonds is 3. The molecule has 6 rings (SSSR count). The molecule has 1 atom stereocenters. The lowest BCUT2D eigenvalue weighted by molar-refractivity contribution is 0.0300. The van der Waals surface area contributed by atoms with Crippen LogP contribution in [-0.4, -0.2) is 66.9 Å². The number of hydrogen-bond donors (Lipinski definition) is 2. The number of carbonyl (C=O) groups is 1. The molecule has 1 aromatic carbocycles. The maximum atomic E-state index is 13.4. The van der Waals surface area contributed by atoms with Gasteiger partial charge in [-0.3, -0.25) is 9.78 Å². The number of benzene rings is 1. The Hall–Kier alpha value is -3.89. The lowest BCUT2D eigenvalue weighted by Crippen LogP contribution is -2.41. The molecule has 3 N–H and O–H groups in total. The van der Waals surface area contributed by atoms with Crippen molar-refractivity contribution in [1.82, 2.24) is 29.6 Å². The van der Waals surface area contributed by atoms with Crippen LogP contribution >= 0.6 is 0 Å². The molecule has 34 heavy (non-hydrogen) atoms. The zero-order valence-corrected chi connectivity index (χ0v) is 18.4. The number of hydrogen-bond acceptors (Lipinski definition) is 8. The van der Waals surface area contributed by atoms with E-state index in [1.807, 2.05) is 30.3 Å². The molecule has 0 spiro atoms. The number of fused-ring (bicyclic) bond motifs is 2. The van der Waals surface area contributed by atoms with Crippen molar-refractivity contribution in [3.8, 4) is 5.82 Å². The summed E-state index contributed by atoms with van der Waals surface area (Å²) < 4.78 is 6.97. The third-order valence-corrected chi connectivity index (χ3v) is 6.58. The van der Waals surface area contributed by atoms with Gasteiger partial charge in [0, 0.05) is 36.9 Å². The lowest BCUT2D eigenvalue weighted by atomic mass is 9.90. The smallest absolute Gasteiger partial charge is 0.275 e. The number of amides is 1. The van der Waals surface area contributed by atoms with Gasteiger partial charge in [-0.05, 0) is 42.2 Å². The van der Waals surface area contributed by atoms with Crippen molar-refractivity contribution in [3.05, 3.63) is 71.3 Å². The van der Waals surface area contributed by atoms with Crippen molar-refractivity contribution in [2.45, 2.75) is 18.4 Å². The number of carbonyl (C=O) groups excluding carboxylic acids is 1. The number of morpholine rings is 1. The van der Waals surface area contributed by atoms with Crippen molar-refractivity contribution in [2.75, 3.05) is 32.0 Å². The van der Waals surface area contributed by atoms with Crippen molar-refractivity contribution < 1.29 is 14.6 Å². The summed E-state index contributed by atoms with van der Waals surface area (Å²) in [5, 5.41) is 17.0. The number of aromatic nitrogens is 5. The van der Waals surface area contributed by atoms with Crippen LogP contribution in [0, 0.1) is 0 Å². The normalized spacial score (nSPS) is 20.0. The van der Waals surface area contributed by atoms with Gasteiger partial charge >= 0.3 is 0 Å². The molecule has 1 saturated heterocycles. The second-order valence-corrected chi connectivity index (χ2v) is 8.54. The topological polar surface area (TPSA) is 132 Å². The maximum absolute atomic E-state index is 13.4. The molecule has 0 unspecified atom stereocenters. The Balaban J connectivity index is 1.53. The Labute approximate surface area is 195 Å². The molecule has 0 radical (unpaired) electrons. The third-order valence-electron chi connectivity index (χ3n) is 6.58. The first-order valence-electron chi connectivity index (χ1n) is 11.2. The number of nitrogens with two attached hydrogens (primary N) is 1. The quantitative estimate of drug-likeness (QED) is 0.472. The minimum atomic E-state index is -1.22. The summed E-state index contributed by atoms with van der Waals surface area (Å²) in [6.07, 6.45) is 4.50. The summed E-state index contributed by atoms with van der Waals surface area (Å²) in [6, 6.07) is 11.1. The Morgan fingerprint density at radius 1 is 1.12 bits per heavy atom. The van der Waals surface area contributed by atoms with Crippen LogP contribution in [0.4, 0.5) is 5.95 Å². The molecule has 172 valence electrons. The highest BCUT2D eigenvalue weighted by atomic mass is 16.5. The maximum Gasteiger partial charge on any atom is 0.275 e. The van der Waals surface area contributed by atoms with E-state index in [4.69, 9.17) is 10.5 Å². The predicted octanol–water partition coefficient (Wildman–Crippen LogP) is 1.45. The van der Waals surface area contributed by atoms with E-state index in [-0.39, 0.29) is 11.9 Å². The second-order valence-electron chi connectivity index (χ2n) is 8.54. The fraction of sp³-hybridized carbons (Fsp3) is 0.292. The van der Waals surface area contributed by atoms with Gasteiger partial charge in [-0.2, -0.15) is 10.1 Å². The molecule has 1 aliphatic heterocycles. The molecule has 4 heterocycles. The molecule has 0 saturated carbocycles. The molecule has 1 amide bonds. The highest BCUT2D eigenvalue weighted by molar-refractivity contribution is 6.05. The van der Waals surface area contributed by atoms with Gasteiger partial charge in [-0.25, -0.2) is 9.67 Å². The number of anilines is 1.